The number of ether oxygens (including phenoxy) is 1. The van der Waals surface area contributed by atoms with Gasteiger partial charge in [-0.2, -0.15) is 0 Å². The van der Waals surface area contributed by atoms with Gasteiger partial charge in [-0.15, -0.1) is 11.3 Å². The fourth-order valence-electron chi connectivity index (χ4n) is 3.12. The van der Waals surface area contributed by atoms with Crippen molar-refractivity contribution in [3.8, 4) is 11.3 Å². The van der Waals surface area contributed by atoms with Crippen LogP contribution in [0.1, 0.15) is 21.8 Å². The molecule has 3 aromatic rings. The first-order chi connectivity index (χ1) is 14.0. The Morgan fingerprint density at radius 1 is 1.38 bits per heavy atom. The fraction of sp³-hybridized carbons (Fsp3) is 0.316. The van der Waals surface area contributed by atoms with Crippen molar-refractivity contribution in [3.63, 3.8) is 0 Å². The molecule has 0 spiro atoms. The molecule has 1 amide bonds. The number of nitrogens with zero attached hydrogens (tertiary/aromatic N) is 3. The Balaban J connectivity index is 1.53. The minimum atomic E-state index is -0.582. The summed E-state index contributed by atoms with van der Waals surface area (Å²) in [4.78, 5) is 19.6. The van der Waals surface area contributed by atoms with Gasteiger partial charge in [-0.25, -0.2) is 9.37 Å². The fourth-order valence-corrected chi connectivity index (χ4v) is 4.07. The van der Waals surface area contributed by atoms with E-state index < -0.39 is 11.7 Å². The molecule has 1 aliphatic heterocycles. The lowest BCUT2D eigenvalue weighted by atomic mass is 10.1. The van der Waals surface area contributed by atoms with Crippen molar-refractivity contribution in [1.82, 2.24) is 15.0 Å². The number of morpholine rings is 1. The van der Waals surface area contributed by atoms with Gasteiger partial charge in [-0.3, -0.25) is 15.0 Å². The second-order valence-electron chi connectivity index (χ2n) is 6.55. The number of hydrogen-bond donors (Lipinski definition) is 1. The average Bonchev–Trinajstić information content (AvgIpc) is 3.29. The Morgan fingerprint density at radius 2 is 2.17 bits per heavy atom. The lowest BCUT2D eigenvalue weighted by Gasteiger charge is -2.25. The van der Waals surface area contributed by atoms with Crippen LogP contribution in [0.5, 0.6) is 0 Å². The number of aryl methyl sites for hydroxylation is 1. The summed E-state index contributed by atoms with van der Waals surface area (Å²) in [6.07, 6.45) is 0. The molecular formula is C19H18ClFN4O3S. The number of carbonyl (C=O) groups excluding carboxylic acids is 1. The molecule has 0 aliphatic carbocycles. The number of aromatic nitrogens is 2. The first-order valence-corrected chi connectivity index (χ1v) is 10.2. The van der Waals surface area contributed by atoms with E-state index in [0.29, 0.717) is 24.9 Å². The van der Waals surface area contributed by atoms with Crippen molar-refractivity contribution in [1.29, 1.82) is 0 Å². The van der Waals surface area contributed by atoms with E-state index in [4.69, 9.17) is 20.9 Å². The highest BCUT2D eigenvalue weighted by molar-refractivity contribution is 7.14. The minimum Gasteiger partial charge on any atom is -0.379 e. The molecule has 1 saturated heterocycles. The molecule has 0 atom stereocenters. The number of amides is 1. The maximum Gasteiger partial charge on any atom is 0.263 e. The van der Waals surface area contributed by atoms with E-state index in [9.17, 15) is 9.18 Å². The van der Waals surface area contributed by atoms with Crippen LogP contribution < -0.4 is 5.32 Å². The second-order valence-corrected chi connectivity index (χ2v) is 7.81. The zero-order valence-corrected chi connectivity index (χ0v) is 17.1. The van der Waals surface area contributed by atoms with Crippen LogP contribution >= 0.6 is 22.9 Å². The Morgan fingerprint density at radius 3 is 2.93 bits per heavy atom. The summed E-state index contributed by atoms with van der Waals surface area (Å²) in [5, 5.41) is 9.11. The molecule has 10 heteroatoms. The van der Waals surface area contributed by atoms with Crippen LogP contribution in [0, 0.1) is 12.7 Å². The highest BCUT2D eigenvalue weighted by Gasteiger charge is 2.26. The van der Waals surface area contributed by atoms with Crippen LogP contribution in [-0.2, 0) is 11.3 Å². The van der Waals surface area contributed by atoms with E-state index in [2.05, 4.69) is 20.4 Å². The molecule has 3 heterocycles. The van der Waals surface area contributed by atoms with Gasteiger partial charge in [0.05, 0.1) is 29.5 Å². The topological polar surface area (TPSA) is 80.5 Å². The number of benzene rings is 1. The van der Waals surface area contributed by atoms with Gasteiger partial charge in [0.25, 0.3) is 5.91 Å². The van der Waals surface area contributed by atoms with Crippen LogP contribution in [0.2, 0.25) is 5.02 Å². The van der Waals surface area contributed by atoms with Crippen LogP contribution in [-0.4, -0.2) is 47.3 Å². The van der Waals surface area contributed by atoms with Crippen molar-refractivity contribution >= 4 is 34.0 Å². The molecule has 152 valence electrons. The summed E-state index contributed by atoms with van der Waals surface area (Å²) in [7, 11) is 0. The lowest BCUT2D eigenvalue weighted by molar-refractivity contribution is 0.0337. The number of halogens is 2. The molecule has 7 nitrogen and oxygen atoms in total. The third kappa shape index (κ3) is 4.32. The van der Waals surface area contributed by atoms with E-state index in [0.717, 1.165) is 18.8 Å². The molecule has 1 aromatic carbocycles. The SMILES string of the molecule is Cc1onc(-c2c(F)cccc2Cl)c1C(=O)Nc1nc(CN2CCOCC2)cs1. The van der Waals surface area contributed by atoms with Crippen LogP contribution in [0.15, 0.2) is 28.1 Å². The van der Waals surface area contributed by atoms with E-state index >= 15 is 0 Å². The van der Waals surface area contributed by atoms with E-state index in [1.54, 1.807) is 6.92 Å². The molecule has 0 saturated carbocycles. The minimum absolute atomic E-state index is 0.0308. The number of anilines is 1. The maximum atomic E-state index is 14.3. The molecule has 0 unspecified atom stereocenters. The highest BCUT2D eigenvalue weighted by Crippen LogP contribution is 2.34. The van der Waals surface area contributed by atoms with E-state index in [1.165, 1.54) is 29.5 Å². The number of rotatable bonds is 5. The summed E-state index contributed by atoms with van der Waals surface area (Å²) in [6.45, 7) is 5.41. The summed E-state index contributed by atoms with van der Waals surface area (Å²) < 4.78 is 24.8. The first kappa shape index (κ1) is 20.0. The molecule has 1 fully saturated rings. The van der Waals surface area contributed by atoms with Crippen LogP contribution in [0.3, 0.4) is 0 Å². The number of carbonyl (C=O) groups is 1. The van der Waals surface area contributed by atoms with E-state index in [-0.39, 0.29) is 27.6 Å². The van der Waals surface area contributed by atoms with Crippen molar-refractivity contribution in [3.05, 3.63) is 51.4 Å². The van der Waals surface area contributed by atoms with Crippen LogP contribution in [0.4, 0.5) is 9.52 Å². The smallest absolute Gasteiger partial charge is 0.263 e. The van der Waals surface area contributed by atoms with Gasteiger partial charge in [0.1, 0.15) is 22.8 Å². The normalized spacial score (nSPS) is 14.9. The Kier molecular flexibility index (Phi) is 5.91. The zero-order chi connectivity index (χ0) is 20.4. The summed E-state index contributed by atoms with van der Waals surface area (Å²) in [5.74, 6) is -0.797. The summed E-state index contributed by atoms with van der Waals surface area (Å²) >= 11 is 7.45. The molecule has 0 bridgehead atoms. The van der Waals surface area contributed by atoms with Crippen molar-refractivity contribution in [2.45, 2.75) is 13.5 Å². The molecule has 2 aromatic heterocycles. The first-order valence-electron chi connectivity index (χ1n) is 8.99. The molecule has 29 heavy (non-hydrogen) atoms. The molecule has 1 N–H and O–H groups in total. The predicted molar refractivity (Wildman–Crippen MR) is 108 cm³/mol. The quantitative estimate of drug-likeness (QED) is 0.651. The molecule has 1 aliphatic rings. The lowest BCUT2D eigenvalue weighted by Crippen LogP contribution is -2.35. The van der Waals surface area contributed by atoms with Crippen molar-refractivity contribution in [2.24, 2.45) is 0 Å². The summed E-state index contributed by atoms with van der Waals surface area (Å²) in [6, 6.07) is 4.27. The predicted octanol–water partition coefficient (Wildman–Crippen LogP) is 3.98. The van der Waals surface area contributed by atoms with Gasteiger partial charge in [-0.1, -0.05) is 22.8 Å². The number of hydrogen-bond acceptors (Lipinski definition) is 7. The Labute approximate surface area is 175 Å². The third-order valence-electron chi connectivity index (χ3n) is 4.55. The summed E-state index contributed by atoms with van der Waals surface area (Å²) in [5.41, 5.74) is 1.09. The third-order valence-corrected chi connectivity index (χ3v) is 5.67. The molecular weight excluding hydrogens is 419 g/mol. The van der Waals surface area contributed by atoms with Crippen molar-refractivity contribution in [2.75, 3.05) is 31.6 Å². The highest BCUT2D eigenvalue weighted by atomic mass is 35.5. The van der Waals surface area contributed by atoms with Gasteiger partial charge < -0.3 is 9.26 Å². The standard InChI is InChI=1S/C19H18ClFN4O3S/c1-11-15(17(24-28-11)16-13(20)3-2-4-14(16)21)18(26)23-19-22-12(10-29-19)9-25-5-7-27-8-6-25/h2-4,10H,5-9H2,1H3,(H,22,23,26). The maximum absolute atomic E-state index is 14.3. The van der Waals surface area contributed by atoms with Gasteiger partial charge in [0.15, 0.2) is 5.13 Å². The monoisotopic (exact) mass is 436 g/mol. The van der Waals surface area contributed by atoms with Crippen LogP contribution in [0.25, 0.3) is 11.3 Å². The van der Waals surface area contributed by atoms with Gasteiger partial charge >= 0.3 is 0 Å². The van der Waals surface area contributed by atoms with E-state index in [1.807, 2.05) is 5.38 Å². The largest absolute Gasteiger partial charge is 0.379 e. The van der Waals surface area contributed by atoms with Crippen molar-refractivity contribution < 1.29 is 18.4 Å². The zero-order valence-electron chi connectivity index (χ0n) is 15.6. The second kappa shape index (κ2) is 8.58. The Hall–Kier alpha value is -2.33. The molecule has 4 rings (SSSR count). The van der Waals surface area contributed by atoms with Gasteiger partial charge in [-0.05, 0) is 19.1 Å². The number of nitrogens with one attached hydrogen (secondary N) is 1. The number of thiazole rings is 1. The Bertz CT molecular complexity index is 1010. The molecule has 0 radical (unpaired) electrons. The average molecular weight is 437 g/mol. The van der Waals surface area contributed by atoms with Gasteiger partial charge in [0.2, 0.25) is 0 Å². The van der Waals surface area contributed by atoms with Gasteiger partial charge in [0, 0.05) is 25.0 Å².